The minimum Gasteiger partial charge on any atom is -0.444 e. The number of halogens is 1. The maximum Gasteiger partial charge on any atom is 0.410 e. The zero-order chi connectivity index (χ0) is 25.3. The first kappa shape index (κ1) is 23.5. The van der Waals surface area contributed by atoms with Gasteiger partial charge in [-0.25, -0.2) is 23.7 Å². The van der Waals surface area contributed by atoms with E-state index in [4.69, 9.17) is 9.47 Å². The van der Waals surface area contributed by atoms with Crippen molar-refractivity contribution in [1.82, 2.24) is 24.5 Å². The molecule has 5 rings (SSSR count). The molecule has 1 saturated heterocycles. The minimum absolute atomic E-state index is 0.0341. The van der Waals surface area contributed by atoms with Crippen molar-refractivity contribution < 1.29 is 18.7 Å². The lowest BCUT2D eigenvalue weighted by atomic mass is 10.2. The quantitative estimate of drug-likeness (QED) is 0.423. The van der Waals surface area contributed by atoms with E-state index in [1.165, 1.54) is 4.90 Å². The number of likely N-dealkylation sites (tertiary alicyclic amines) is 1. The predicted octanol–water partition coefficient (Wildman–Crippen LogP) is 4.95. The van der Waals surface area contributed by atoms with E-state index in [0.29, 0.717) is 34.5 Å². The topological polar surface area (TPSA) is 93.9 Å². The van der Waals surface area contributed by atoms with Gasteiger partial charge in [-0.2, -0.15) is 0 Å². The molecule has 1 fully saturated rings. The number of amides is 1. The van der Waals surface area contributed by atoms with Gasteiger partial charge in [0.1, 0.15) is 29.0 Å². The number of anilines is 1. The Bertz CT molecular complexity index is 1370. The predicted molar refractivity (Wildman–Crippen MR) is 133 cm³/mol. The number of carbonyl (C=O) groups is 1. The van der Waals surface area contributed by atoms with Crippen LogP contribution in [-0.2, 0) is 4.74 Å². The molecule has 0 unspecified atom stereocenters. The summed E-state index contributed by atoms with van der Waals surface area (Å²) in [7, 11) is 0. The lowest BCUT2D eigenvalue weighted by Gasteiger charge is -2.24. The molecule has 0 aliphatic carbocycles. The van der Waals surface area contributed by atoms with Crippen LogP contribution in [0.2, 0.25) is 0 Å². The molecular weight excluding hydrogens is 463 g/mol. The molecule has 1 amide bonds. The van der Waals surface area contributed by atoms with E-state index in [9.17, 15) is 9.18 Å². The van der Waals surface area contributed by atoms with E-state index in [1.807, 2.05) is 48.5 Å². The number of hydrogen-bond donors (Lipinski definition) is 1. The number of ether oxygens (including phenoxy) is 2. The highest BCUT2D eigenvalue weighted by Gasteiger charge is 2.37. The van der Waals surface area contributed by atoms with Gasteiger partial charge in [0, 0.05) is 12.6 Å². The summed E-state index contributed by atoms with van der Waals surface area (Å²) in [5, 5.41) is 7.69. The normalized spacial score (nSPS) is 17.8. The minimum atomic E-state index is -1.25. The van der Waals surface area contributed by atoms with Gasteiger partial charge >= 0.3 is 6.09 Å². The maximum absolute atomic E-state index is 14.7. The summed E-state index contributed by atoms with van der Waals surface area (Å²) in [5.74, 6) is 1.57. The molecule has 1 N–H and O–H groups in total. The van der Waals surface area contributed by atoms with Crippen molar-refractivity contribution in [2.45, 2.75) is 38.6 Å². The number of imidazole rings is 1. The summed E-state index contributed by atoms with van der Waals surface area (Å²) in [6.07, 6.45) is -0.0991. The Morgan fingerprint density at radius 2 is 1.86 bits per heavy atom. The Morgan fingerprint density at radius 1 is 1.06 bits per heavy atom. The van der Waals surface area contributed by atoms with Crippen molar-refractivity contribution in [2.24, 2.45) is 0 Å². The van der Waals surface area contributed by atoms with Crippen LogP contribution in [0.5, 0.6) is 11.6 Å². The monoisotopic (exact) mass is 490 g/mol. The van der Waals surface area contributed by atoms with Gasteiger partial charge in [0.2, 0.25) is 5.88 Å². The third kappa shape index (κ3) is 5.22. The summed E-state index contributed by atoms with van der Waals surface area (Å²) in [4.78, 5) is 22.8. The highest BCUT2D eigenvalue weighted by Crippen LogP contribution is 2.25. The van der Waals surface area contributed by atoms with Gasteiger partial charge < -0.3 is 19.7 Å². The number of nitrogens with zero attached hydrogens (tertiary/aromatic N) is 5. The van der Waals surface area contributed by atoms with Crippen LogP contribution in [0.15, 0.2) is 66.9 Å². The molecule has 10 heteroatoms. The molecular formula is C26H27FN6O3. The van der Waals surface area contributed by atoms with Gasteiger partial charge in [0.25, 0.3) is 0 Å². The van der Waals surface area contributed by atoms with Gasteiger partial charge in [-0.15, -0.1) is 5.10 Å². The number of hydrogen-bond acceptors (Lipinski definition) is 7. The van der Waals surface area contributed by atoms with Crippen molar-refractivity contribution >= 4 is 17.6 Å². The first-order valence-electron chi connectivity index (χ1n) is 11.7. The SMILES string of the molecule is CC(C)(C)OC(=O)N1C[C@H](Nc2cccc(-c3cnc4ccc(Oc5ccccc5)nn34)n2)[C@@H](F)C1. The Hall–Kier alpha value is -4.21. The smallest absolute Gasteiger partial charge is 0.410 e. The van der Waals surface area contributed by atoms with E-state index < -0.39 is 23.9 Å². The van der Waals surface area contributed by atoms with Crippen LogP contribution in [0.3, 0.4) is 0 Å². The average molecular weight is 491 g/mol. The molecule has 0 saturated carbocycles. The van der Waals surface area contributed by atoms with Crippen molar-refractivity contribution in [1.29, 1.82) is 0 Å². The molecule has 186 valence electrons. The second kappa shape index (κ2) is 9.44. The molecule has 1 aliphatic rings. The standard InChI is InChI=1S/C26H27FN6O3/c1-26(2,3)36-25(34)32-15-18(27)20(16-32)30-22-11-7-10-19(29-22)21-14-28-23-12-13-24(31-33(21)23)35-17-8-5-4-6-9-17/h4-14,18,20H,15-16H2,1-3H3,(H,29,30)/t18-,20-/m0/s1. The zero-order valence-electron chi connectivity index (χ0n) is 20.3. The van der Waals surface area contributed by atoms with Crippen LogP contribution in [0, 0.1) is 0 Å². The van der Waals surface area contributed by atoms with E-state index in [-0.39, 0.29) is 13.1 Å². The summed E-state index contributed by atoms with van der Waals surface area (Å²) in [6, 6.07) is 17.8. The molecule has 4 aromatic rings. The average Bonchev–Trinajstić information content (AvgIpc) is 3.42. The number of aromatic nitrogens is 4. The molecule has 4 heterocycles. The maximum atomic E-state index is 14.7. The Labute approximate surface area is 207 Å². The van der Waals surface area contributed by atoms with Crippen molar-refractivity contribution in [3.05, 3.63) is 66.9 Å². The van der Waals surface area contributed by atoms with Gasteiger partial charge in [-0.3, -0.25) is 0 Å². The largest absolute Gasteiger partial charge is 0.444 e. The molecule has 3 aromatic heterocycles. The van der Waals surface area contributed by atoms with Crippen LogP contribution in [0.25, 0.3) is 17.0 Å². The fourth-order valence-electron chi connectivity index (χ4n) is 3.92. The molecule has 1 aromatic carbocycles. The number of pyridine rings is 1. The lowest BCUT2D eigenvalue weighted by molar-refractivity contribution is 0.0283. The highest BCUT2D eigenvalue weighted by molar-refractivity contribution is 5.69. The van der Waals surface area contributed by atoms with Crippen LogP contribution in [-0.4, -0.2) is 61.5 Å². The lowest BCUT2D eigenvalue weighted by Crippen LogP contribution is -2.36. The molecule has 1 aliphatic heterocycles. The van der Waals surface area contributed by atoms with Crippen LogP contribution >= 0.6 is 0 Å². The van der Waals surface area contributed by atoms with Crippen LogP contribution in [0.4, 0.5) is 15.0 Å². The summed E-state index contributed by atoms with van der Waals surface area (Å²) in [6.45, 7) is 5.49. The van der Waals surface area contributed by atoms with Crippen molar-refractivity contribution in [3.63, 3.8) is 0 Å². The molecule has 0 spiro atoms. The van der Waals surface area contributed by atoms with E-state index in [1.54, 1.807) is 43.6 Å². The van der Waals surface area contributed by atoms with Gasteiger partial charge in [0.15, 0.2) is 5.65 Å². The van der Waals surface area contributed by atoms with Gasteiger partial charge in [-0.1, -0.05) is 24.3 Å². The first-order valence-corrected chi connectivity index (χ1v) is 11.7. The van der Waals surface area contributed by atoms with Gasteiger partial charge in [0.05, 0.1) is 24.5 Å². The second-order valence-corrected chi connectivity index (χ2v) is 9.56. The van der Waals surface area contributed by atoms with E-state index >= 15 is 0 Å². The molecule has 0 radical (unpaired) electrons. The fraction of sp³-hybridized carbons (Fsp3) is 0.308. The molecule has 36 heavy (non-hydrogen) atoms. The number of rotatable bonds is 5. The van der Waals surface area contributed by atoms with E-state index in [2.05, 4.69) is 20.4 Å². The van der Waals surface area contributed by atoms with Crippen LogP contribution in [0.1, 0.15) is 20.8 Å². The van der Waals surface area contributed by atoms with Crippen molar-refractivity contribution in [2.75, 3.05) is 18.4 Å². The third-order valence-corrected chi connectivity index (χ3v) is 5.55. The Balaban J connectivity index is 1.33. The molecule has 2 atom stereocenters. The number of para-hydroxylation sites is 1. The number of benzene rings is 1. The first-order chi connectivity index (χ1) is 17.2. The fourth-order valence-corrected chi connectivity index (χ4v) is 3.92. The number of carbonyl (C=O) groups excluding carboxylic acids is 1. The summed E-state index contributed by atoms with van der Waals surface area (Å²) < 4.78 is 27.6. The second-order valence-electron chi connectivity index (χ2n) is 9.56. The molecule has 9 nitrogen and oxygen atoms in total. The Morgan fingerprint density at radius 3 is 2.64 bits per heavy atom. The zero-order valence-corrected chi connectivity index (χ0v) is 20.3. The van der Waals surface area contributed by atoms with Crippen LogP contribution < -0.4 is 10.1 Å². The number of alkyl halides is 1. The van der Waals surface area contributed by atoms with Gasteiger partial charge in [-0.05, 0) is 51.1 Å². The number of nitrogens with one attached hydrogen (secondary N) is 1. The third-order valence-electron chi connectivity index (χ3n) is 5.55. The van der Waals surface area contributed by atoms with E-state index in [0.717, 1.165) is 0 Å². The number of fused-ring (bicyclic) bond motifs is 1. The highest BCUT2D eigenvalue weighted by atomic mass is 19.1. The Kier molecular flexibility index (Phi) is 6.17. The summed E-state index contributed by atoms with van der Waals surface area (Å²) in [5.41, 5.74) is 1.26. The molecule has 0 bridgehead atoms. The summed E-state index contributed by atoms with van der Waals surface area (Å²) >= 11 is 0. The van der Waals surface area contributed by atoms with Crippen molar-refractivity contribution in [3.8, 4) is 23.0 Å².